The van der Waals surface area contributed by atoms with Crippen molar-refractivity contribution in [2.75, 3.05) is 19.5 Å². The van der Waals surface area contributed by atoms with E-state index >= 15 is 0 Å². The third-order valence-electron chi connectivity index (χ3n) is 2.50. The lowest BCUT2D eigenvalue weighted by Crippen LogP contribution is -2.39. The van der Waals surface area contributed by atoms with Gasteiger partial charge in [-0.3, -0.25) is 4.79 Å². The molecule has 0 saturated heterocycles. The number of methoxy groups -OCH3 is 2. The third-order valence-corrected chi connectivity index (χ3v) is 2.83. The van der Waals surface area contributed by atoms with Crippen molar-refractivity contribution in [2.24, 2.45) is 5.73 Å². The number of carbonyl (C=O) groups excluding carboxylic acids is 1. The molecule has 0 radical (unpaired) electrons. The van der Waals surface area contributed by atoms with E-state index in [1.807, 2.05) is 6.07 Å². The number of nitrogens with one attached hydrogen (secondary N) is 1. The number of benzene rings is 1. The minimum absolute atomic E-state index is 0.299. The van der Waals surface area contributed by atoms with E-state index < -0.39 is 18.2 Å². The molecule has 1 rings (SSSR count). The van der Waals surface area contributed by atoms with Gasteiger partial charge in [-0.1, -0.05) is 23.7 Å². The lowest BCUT2D eigenvalue weighted by Gasteiger charge is -2.21. The Morgan fingerprint density at radius 2 is 2.00 bits per heavy atom. The molecule has 1 amide bonds. The maximum Gasteiger partial charge on any atom is 0.240 e. The van der Waals surface area contributed by atoms with Crippen molar-refractivity contribution in [1.82, 2.24) is 0 Å². The maximum atomic E-state index is 11.4. The Bertz CT molecular complexity index is 397. The summed E-state index contributed by atoms with van der Waals surface area (Å²) in [6, 6.07) is 6.50. The van der Waals surface area contributed by atoms with Crippen LogP contribution in [0.25, 0.3) is 0 Å². The molecule has 18 heavy (non-hydrogen) atoms. The molecule has 0 heterocycles. The fourth-order valence-electron chi connectivity index (χ4n) is 1.49. The molecule has 5 nitrogen and oxygen atoms in total. The molecule has 0 aliphatic carbocycles. The van der Waals surface area contributed by atoms with Gasteiger partial charge >= 0.3 is 0 Å². The van der Waals surface area contributed by atoms with Gasteiger partial charge in [0, 0.05) is 20.6 Å². The number of nitrogens with two attached hydrogens (primary N) is 1. The average Bonchev–Trinajstić information content (AvgIpc) is 2.36. The highest BCUT2D eigenvalue weighted by atomic mass is 35.5. The fourth-order valence-corrected chi connectivity index (χ4v) is 1.68. The van der Waals surface area contributed by atoms with Crippen LogP contribution in [-0.4, -0.2) is 32.5 Å². The molecule has 0 spiro atoms. The molecule has 1 aromatic rings. The zero-order valence-corrected chi connectivity index (χ0v) is 11.1. The van der Waals surface area contributed by atoms with Crippen LogP contribution in [-0.2, 0) is 14.3 Å². The number of anilines is 1. The minimum Gasteiger partial charge on any atom is -0.372 e. The highest BCUT2D eigenvalue weighted by Crippen LogP contribution is 2.22. The van der Waals surface area contributed by atoms with Crippen LogP contribution in [0.4, 0.5) is 5.69 Å². The molecule has 1 aromatic carbocycles. The van der Waals surface area contributed by atoms with Gasteiger partial charge in [-0.15, -0.1) is 0 Å². The molecule has 0 aliphatic heterocycles. The zero-order valence-electron chi connectivity index (χ0n) is 10.4. The molecule has 1 unspecified atom stereocenters. The van der Waals surface area contributed by atoms with Crippen molar-refractivity contribution < 1.29 is 14.3 Å². The SMILES string of the molecule is COC(CC(Nc1ccccc1Cl)C(N)=O)OC. The highest BCUT2D eigenvalue weighted by molar-refractivity contribution is 6.33. The molecular weight excluding hydrogens is 256 g/mol. The predicted molar refractivity (Wildman–Crippen MR) is 70.5 cm³/mol. The Morgan fingerprint density at radius 1 is 1.39 bits per heavy atom. The monoisotopic (exact) mass is 272 g/mol. The Kier molecular flexibility index (Phi) is 5.91. The number of amides is 1. The molecule has 100 valence electrons. The van der Waals surface area contributed by atoms with Crippen LogP contribution in [0.3, 0.4) is 0 Å². The lowest BCUT2D eigenvalue weighted by atomic mass is 10.1. The van der Waals surface area contributed by atoms with E-state index in [2.05, 4.69) is 5.32 Å². The van der Waals surface area contributed by atoms with E-state index in [4.69, 9.17) is 26.8 Å². The normalized spacial score (nSPS) is 12.4. The summed E-state index contributed by atoms with van der Waals surface area (Å²) in [4.78, 5) is 11.4. The van der Waals surface area contributed by atoms with Gasteiger partial charge in [0.25, 0.3) is 0 Å². The van der Waals surface area contributed by atoms with Crippen LogP contribution in [0.15, 0.2) is 24.3 Å². The number of primary amides is 1. The van der Waals surface area contributed by atoms with E-state index in [-0.39, 0.29) is 0 Å². The summed E-state index contributed by atoms with van der Waals surface area (Å²) in [6.07, 6.45) is -0.203. The van der Waals surface area contributed by atoms with Gasteiger partial charge in [-0.05, 0) is 12.1 Å². The number of hydrogen-bond donors (Lipinski definition) is 2. The summed E-state index contributed by atoms with van der Waals surface area (Å²) >= 11 is 6.00. The Labute approximate surface area is 111 Å². The van der Waals surface area contributed by atoms with Crippen molar-refractivity contribution in [3.63, 3.8) is 0 Å². The van der Waals surface area contributed by atoms with Gasteiger partial charge in [-0.2, -0.15) is 0 Å². The van der Waals surface area contributed by atoms with Crippen LogP contribution in [0.1, 0.15) is 6.42 Å². The first kappa shape index (κ1) is 14.8. The molecule has 0 fully saturated rings. The van der Waals surface area contributed by atoms with Gasteiger partial charge in [0.2, 0.25) is 5.91 Å². The van der Waals surface area contributed by atoms with Crippen LogP contribution in [0, 0.1) is 0 Å². The van der Waals surface area contributed by atoms with Crippen LogP contribution in [0.5, 0.6) is 0 Å². The second-order valence-corrected chi connectivity index (χ2v) is 4.12. The first-order chi connectivity index (χ1) is 8.58. The predicted octanol–water partition coefficient (Wildman–Crippen LogP) is 1.61. The first-order valence-electron chi connectivity index (χ1n) is 5.44. The third kappa shape index (κ3) is 4.18. The van der Waals surface area contributed by atoms with Gasteiger partial charge in [0.05, 0.1) is 10.7 Å². The molecule has 0 bridgehead atoms. The van der Waals surface area contributed by atoms with Gasteiger partial charge in [0.15, 0.2) is 6.29 Å². The number of ether oxygens (including phenoxy) is 2. The van der Waals surface area contributed by atoms with E-state index in [1.54, 1.807) is 18.2 Å². The summed E-state index contributed by atoms with van der Waals surface area (Å²) in [6.45, 7) is 0. The van der Waals surface area contributed by atoms with E-state index in [1.165, 1.54) is 14.2 Å². The minimum atomic E-state index is -0.616. The van der Waals surface area contributed by atoms with E-state index in [0.29, 0.717) is 17.1 Å². The highest BCUT2D eigenvalue weighted by Gasteiger charge is 2.21. The van der Waals surface area contributed by atoms with Crippen LogP contribution < -0.4 is 11.1 Å². The van der Waals surface area contributed by atoms with E-state index in [9.17, 15) is 4.79 Å². The Hall–Kier alpha value is -1.30. The summed E-state index contributed by atoms with van der Waals surface area (Å²) in [5.41, 5.74) is 5.98. The van der Waals surface area contributed by atoms with Gasteiger partial charge in [0.1, 0.15) is 6.04 Å². The number of para-hydroxylation sites is 1. The summed E-state index contributed by atoms with van der Waals surface area (Å²) < 4.78 is 10.1. The largest absolute Gasteiger partial charge is 0.372 e. The Morgan fingerprint density at radius 3 is 2.50 bits per heavy atom. The number of rotatable bonds is 7. The zero-order chi connectivity index (χ0) is 13.5. The number of carbonyl (C=O) groups is 1. The summed E-state index contributed by atoms with van der Waals surface area (Å²) in [7, 11) is 3.00. The molecule has 3 N–H and O–H groups in total. The maximum absolute atomic E-state index is 11.4. The Balaban J connectivity index is 2.75. The van der Waals surface area contributed by atoms with Crippen molar-refractivity contribution in [3.05, 3.63) is 29.3 Å². The molecule has 1 atom stereocenters. The molecule has 0 aliphatic rings. The first-order valence-corrected chi connectivity index (χ1v) is 5.82. The van der Waals surface area contributed by atoms with E-state index in [0.717, 1.165) is 0 Å². The van der Waals surface area contributed by atoms with Gasteiger partial charge < -0.3 is 20.5 Å². The number of hydrogen-bond acceptors (Lipinski definition) is 4. The smallest absolute Gasteiger partial charge is 0.240 e. The summed E-state index contributed by atoms with van der Waals surface area (Å²) in [5.74, 6) is -0.492. The molecule has 0 aromatic heterocycles. The second-order valence-electron chi connectivity index (χ2n) is 3.72. The number of halogens is 1. The van der Waals surface area contributed by atoms with Crippen molar-refractivity contribution >= 4 is 23.2 Å². The average molecular weight is 273 g/mol. The fraction of sp³-hybridized carbons (Fsp3) is 0.417. The quantitative estimate of drug-likeness (QED) is 0.740. The van der Waals surface area contributed by atoms with Crippen LogP contribution in [0.2, 0.25) is 5.02 Å². The lowest BCUT2D eigenvalue weighted by molar-refractivity contribution is -0.127. The van der Waals surface area contributed by atoms with Crippen molar-refractivity contribution in [2.45, 2.75) is 18.8 Å². The van der Waals surface area contributed by atoms with Crippen molar-refractivity contribution in [3.8, 4) is 0 Å². The second kappa shape index (κ2) is 7.20. The molecule has 6 heteroatoms. The molecule has 0 saturated carbocycles. The topological polar surface area (TPSA) is 73.6 Å². The standard InChI is InChI=1S/C12H17ClN2O3/c1-17-11(18-2)7-10(12(14)16)15-9-6-4-3-5-8(9)13/h3-6,10-11,15H,7H2,1-2H3,(H2,14,16). The molecular formula is C12H17ClN2O3. The van der Waals surface area contributed by atoms with Crippen LogP contribution >= 0.6 is 11.6 Å². The summed E-state index contributed by atoms with van der Waals surface area (Å²) in [5, 5.41) is 3.50. The van der Waals surface area contributed by atoms with Crippen molar-refractivity contribution in [1.29, 1.82) is 0 Å². The van der Waals surface area contributed by atoms with Gasteiger partial charge in [-0.25, -0.2) is 0 Å².